The van der Waals surface area contributed by atoms with E-state index >= 15 is 0 Å². The van der Waals surface area contributed by atoms with Crippen molar-refractivity contribution in [3.05, 3.63) is 27.9 Å². The van der Waals surface area contributed by atoms with Crippen molar-refractivity contribution in [2.24, 2.45) is 7.05 Å². The Bertz CT molecular complexity index is 787. The van der Waals surface area contributed by atoms with Gasteiger partial charge in [-0.15, -0.1) is 10.2 Å². The molecular weight excluding hydrogens is 266 g/mol. The van der Waals surface area contributed by atoms with Crippen molar-refractivity contribution in [2.45, 2.75) is 6.54 Å². The molecule has 19 heavy (non-hydrogen) atoms. The SMILES string of the molecule is CNc1nnc(Cn2cnc3c(cnn3C)c2=O)s1. The Labute approximate surface area is 111 Å². The quantitative estimate of drug-likeness (QED) is 0.728. The first-order valence-corrected chi connectivity index (χ1v) is 6.38. The van der Waals surface area contributed by atoms with Crippen LogP contribution in [0.15, 0.2) is 17.3 Å². The number of fused-ring (bicyclic) bond motifs is 1. The molecule has 0 bridgehead atoms. The Hall–Kier alpha value is -2.29. The predicted octanol–water partition coefficient (Wildman–Crippen LogP) is 0.0715. The Morgan fingerprint density at radius 1 is 1.42 bits per heavy atom. The summed E-state index contributed by atoms with van der Waals surface area (Å²) in [4.78, 5) is 16.5. The number of nitrogens with one attached hydrogen (secondary N) is 1. The molecule has 3 aromatic rings. The highest BCUT2D eigenvalue weighted by Gasteiger charge is 2.10. The van der Waals surface area contributed by atoms with Gasteiger partial charge in [0.15, 0.2) is 5.65 Å². The summed E-state index contributed by atoms with van der Waals surface area (Å²) >= 11 is 1.41. The van der Waals surface area contributed by atoms with Crippen LogP contribution in [0.4, 0.5) is 5.13 Å². The molecule has 1 N–H and O–H groups in total. The van der Waals surface area contributed by atoms with Crippen LogP contribution in [0, 0.1) is 0 Å². The van der Waals surface area contributed by atoms with Crippen molar-refractivity contribution in [3.8, 4) is 0 Å². The van der Waals surface area contributed by atoms with E-state index in [2.05, 4.69) is 25.6 Å². The third-order valence-corrected chi connectivity index (χ3v) is 3.63. The second-order valence-corrected chi connectivity index (χ2v) is 5.00. The number of hydrogen-bond acceptors (Lipinski definition) is 7. The van der Waals surface area contributed by atoms with Crippen LogP contribution in [0.5, 0.6) is 0 Å². The second-order valence-electron chi connectivity index (χ2n) is 3.93. The molecule has 0 fully saturated rings. The van der Waals surface area contributed by atoms with E-state index in [0.717, 1.165) is 10.1 Å². The minimum atomic E-state index is -0.126. The Balaban J connectivity index is 2.01. The predicted molar refractivity (Wildman–Crippen MR) is 71.3 cm³/mol. The number of aromatic nitrogens is 6. The zero-order chi connectivity index (χ0) is 13.4. The molecule has 0 spiro atoms. The molecule has 3 rings (SSSR count). The summed E-state index contributed by atoms with van der Waals surface area (Å²) in [7, 11) is 3.53. The van der Waals surface area contributed by atoms with Crippen LogP contribution in [0.3, 0.4) is 0 Å². The average molecular weight is 277 g/mol. The normalized spacial score (nSPS) is 11.1. The second kappa shape index (κ2) is 4.43. The van der Waals surface area contributed by atoms with Crippen molar-refractivity contribution >= 4 is 27.5 Å². The molecule has 0 unspecified atom stereocenters. The molecule has 0 amide bonds. The summed E-state index contributed by atoms with van der Waals surface area (Å²) < 4.78 is 3.08. The summed E-state index contributed by atoms with van der Waals surface area (Å²) in [5.41, 5.74) is 0.453. The van der Waals surface area contributed by atoms with E-state index < -0.39 is 0 Å². The molecule has 3 heterocycles. The fourth-order valence-electron chi connectivity index (χ4n) is 1.74. The van der Waals surface area contributed by atoms with Gasteiger partial charge in [-0.1, -0.05) is 11.3 Å². The lowest BCUT2D eigenvalue weighted by molar-refractivity contribution is 0.726. The lowest BCUT2D eigenvalue weighted by atomic mass is 10.4. The highest BCUT2D eigenvalue weighted by Crippen LogP contribution is 2.14. The molecule has 3 aromatic heterocycles. The third kappa shape index (κ3) is 1.97. The zero-order valence-electron chi connectivity index (χ0n) is 10.4. The first kappa shape index (κ1) is 11.8. The summed E-state index contributed by atoms with van der Waals surface area (Å²) in [6.45, 7) is 0.357. The minimum absolute atomic E-state index is 0.126. The van der Waals surface area contributed by atoms with Crippen LogP contribution in [0.2, 0.25) is 0 Å². The van der Waals surface area contributed by atoms with Gasteiger partial charge < -0.3 is 5.32 Å². The fourth-order valence-corrected chi connectivity index (χ4v) is 2.44. The first-order chi connectivity index (χ1) is 9.19. The van der Waals surface area contributed by atoms with Crippen molar-refractivity contribution in [1.82, 2.24) is 29.5 Å². The number of nitrogens with zero attached hydrogens (tertiary/aromatic N) is 6. The molecule has 0 aliphatic heterocycles. The molecule has 0 aliphatic rings. The van der Waals surface area contributed by atoms with Gasteiger partial charge in [-0.3, -0.25) is 14.0 Å². The maximum Gasteiger partial charge on any atom is 0.264 e. The van der Waals surface area contributed by atoms with E-state index in [1.165, 1.54) is 28.4 Å². The Morgan fingerprint density at radius 3 is 3.00 bits per heavy atom. The van der Waals surface area contributed by atoms with Gasteiger partial charge in [-0.2, -0.15) is 5.10 Å². The van der Waals surface area contributed by atoms with Crippen molar-refractivity contribution in [3.63, 3.8) is 0 Å². The van der Waals surface area contributed by atoms with E-state index in [-0.39, 0.29) is 5.56 Å². The van der Waals surface area contributed by atoms with Crippen LogP contribution in [0.1, 0.15) is 5.01 Å². The standard InChI is InChI=1S/C10H11N7OS/c1-11-10-15-14-7(19-10)4-17-5-12-8-6(9(17)18)3-13-16(8)2/h3,5H,4H2,1-2H3,(H,11,15). The van der Waals surface area contributed by atoms with Crippen LogP contribution < -0.4 is 10.9 Å². The van der Waals surface area contributed by atoms with E-state index in [0.29, 0.717) is 17.6 Å². The number of aryl methyl sites for hydroxylation is 1. The van der Waals surface area contributed by atoms with Crippen LogP contribution in [-0.2, 0) is 13.6 Å². The van der Waals surface area contributed by atoms with Gasteiger partial charge in [-0.05, 0) is 0 Å². The first-order valence-electron chi connectivity index (χ1n) is 5.56. The molecule has 0 radical (unpaired) electrons. The van der Waals surface area contributed by atoms with Crippen LogP contribution in [-0.4, -0.2) is 36.6 Å². The van der Waals surface area contributed by atoms with Gasteiger partial charge in [0.25, 0.3) is 5.56 Å². The summed E-state index contributed by atoms with van der Waals surface area (Å²) in [5.74, 6) is 0. The zero-order valence-corrected chi connectivity index (χ0v) is 11.2. The van der Waals surface area contributed by atoms with Crippen molar-refractivity contribution < 1.29 is 0 Å². The maximum absolute atomic E-state index is 12.2. The Kier molecular flexibility index (Phi) is 2.75. The van der Waals surface area contributed by atoms with E-state index in [1.807, 2.05) is 0 Å². The molecule has 0 aromatic carbocycles. The number of hydrogen-bond donors (Lipinski definition) is 1. The number of anilines is 1. The minimum Gasteiger partial charge on any atom is -0.363 e. The van der Waals surface area contributed by atoms with Gasteiger partial charge in [-0.25, -0.2) is 4.98 Å². The molecule has 8 nitrogen and oxygen atoms in total. The van der Waals surface area contributed by atoms with Gasteiger partial charge in [0.2, 0.25) is 5.13 Å². The lowest BCUT2D eigenvalue weighted by Crippen LogP contribution is -2.21. The van der Waals surface area contributed by atoms with E-state index in [9.17, 15) is 4.79 Å². The fraction of sp³-hybridized carbons (Fsp3) is 0.300. The van der Waals surface area contributed by atoms with Gasteiger partial charge in [0.1, 0.15) is 16.7 Å². The monoisotopic (exact) mass is 277 g/mol. The molecule has 98 valence electrons. The highest BCUT2D eigenvalue weighted by atomic mass is 32.1. The summed E-state index contributed by atoms with van der Waals surface area (Å²) in [6, 6.07) is 0. The molecule has 0 saturated carbocycles. The molecule has 0 aliphatic carbocycles. The highest BCUT2D eigenvalue weighted by molar-refractivity contribution is 7.15. The molecule has 9 heteroatoms. The summed E-state index contributed by atoms with van der Waals surface area (Å²) in [5, 5.41) is 16.8. The van der Waals surface area contributed by atoms with Crippen LogP contribution >= 0.6 is 11.3 Å². The molecule has 0 saturated heterocycles. The van der Waals surface area contributed by atoms with Gasteiger partial charge in [0.05, 0.1) is 12.7 Å². The van der Waals surface area contributed by atoms with Crippen molar-refractivity contribution in [1.29, 1.82) is 0 Å². The molecule has 0 atom stereocenters. The van der Waals surface area contributed by atoms with Crippen LogP contribution in [0.25, 0.3) is 11.0 Å². The smallest absolute Gasteiger partial charge is 0.264 e. The number of rotatable bonds is 3. The van der Waals surface area contributed by atoms with Gasteiger partial charge >= 0.3 is 0 Å². The van der Waals surface area contributed by atoms with E-state index in [1.54, 1.807) is 18.8 Å². The molecular formula is C10H11N7OS. The van der Waals surface area contributed by atoms with Crippen molar-refractivity contribution in [2.75, 3.05) is 12.4 Å². The van der Waals surface area contributed by atoms with E-state index in [4.69, 9.17) is 0 Å². The Morgan fingerprint density at radius 2 is 2.26 bits per heavy atom. The average Bonchev–Trinajstić information content (AvgIpc) is 3.00. The third-order valence-electron chi connectivity index (χ3n) is 2.70. The lowest BCUT2D eigenvalue weighted by Gasteiger charge is -2.01. The summed E-state index contributed by atoms with van der Waals surface area (Å²) in [6.07, 6.45) is 3.03. The largest absolute Gasteiger partial charge is 0.363 e. The maximum atomic E-state index is 12.2. The topological polar surface area (TPSA) is 90.5 Å². The van der Waals surface area contributed by atoms with Gasteiger partial charge in [0, 0.05) is 14.1 Å².